The topological polar surface area (TPSA) is 0 Å². The first-order chi connectivity index (χ1) is 2.89. The van der Waals surface area contributed by atoms with E-state index in [1.165, 1.54) is 0 Å². The van der Waals surface area contributed by atoms with E-state index >= 15 is 0 Å². The average Bonchev–Trinajstić information content (AvgIpc) is 1.86. The van der Waals surface area contributed by atoms with Crippen LogP contribution < -0.4 is 0 Å². The van der Waals surface area contributed by atoms with Gasteiger partial charge in [-0.1, -0.05) is 6.08 Å². The van der Waals surface area contributed by atoms with Gasteiger partial charge >= 0.3 is 0 Å². The molecule has 1 heterocycles. The Morgan fingerprint density at radius 2 is 2.67 bits per heavy atom. The number of allylic oxidation sites excluding steroid dienone is 1. The van der Waals surface area contributed by atoms with E-state index in [1.54, 1.807) is 11.8 Å². The summed E-state index contributed by atoms with van der Waals surface area (Å²) in [4.78, 5) is 0. The molecule has 1 rings (SSSR count). The summed E-state index contributed by atoms with van der Waals surface area (Å²) in [5.41, 5.74) is 0. The third-order valence-corrected chi connectivity index (χ3v) is 1.97. The maximum absolute atomic E-state index is 5.61. The lowest BCUT2D eigenvalue weighted by Crippen LogP contribution is -1.76. The van der Waals surface area contributed by atoms with Crippen molar-refractivity contribution < 1.29 is 0 Å². The SMILES string of the molecule is ClC1CC=CS1. The highest BCUT2D eigenvalue weighted by molar-refractivity contribution is 8.04. The van der Waals surface area contributed by atoms with Gasteiger partial charge in [0, 0.05) is 0 Å². The Bertz CT molecular complexity index is 61.9. The minimum absolute atomic E-state index is 0.324. The van der Waals surface area contributed by atoms with Gasteiger partial charge in [-0.3, -0.25) is 0 Å². The number of alkyl halides is 1. The van der Waals surface area contributed by atoms with E-state index in [-0.39, 0.29) is 0 Å². The van der Waals surface area contributed by atoms with E-state index in [0.717, 1.165) is 6.42 Å². The Kier molecular flexibility index (Phi) is 1.43. The van der Waals surface area contributed by atoms with Crippen molar-refractivity contribution >= 4 is 23.4 Å². The van der Waals surface area contributed by atoms with Crippen LogP contribution in [0, 0.1) is 0 Å². The van der Waals surface area contributed by atoms with Crippen molar-refractivity contribution in [2.75, 3.05) is 0 Å². The summed E-state index contributed by atoms with van der Waals surface area (Å²) in [7, 11) is 0. The van der Waals surface area contributed by atoms with Gasteiger partial charge in [0.05, 0.1) is 4.71 Å². The van der Waals surface area contributed by atoms with Crippen LogP contribution in [0.4, 0.5) is 0 Å². The van der Waals surface area contributed by atoms with Gasteiger partial charge in [0.1, 0.15) is 0 Å². The molecule has 34 valence electrons. The number of thioether (sulfide) groups is 1. The summed E-state index contributed by atoms with van der Waals surface area (Å²) in [6.45, 7) is 0. The molecule has 0 bridgehead atoms. The molecule has 0 aromatic heterocycles. The van der Waals surface area contributed by atoms with E-state index in [1.807, 2.05) is 5.41 Å². The van der Waals surface area contributed by atoms with Gasteiger partial charge in [-0.15, -0.1) is 23.4 Å². The van der Waals surface area contributed by atoms with Crippen LogP contribution in [0.2, 0.25) is 0 Å². The fourth-order valence-corrected chi connectivity index (χ4v) is 1.25. The molecule has 0 saturated heterocycles. The molecule has 0 N–H and O–H groups in total. The highest BCUT2D eigenvalue weighted by Crippen LogP contribution is 2.26. The van der Waals surface area contributed by atoms with Crippen LogP contribution in [0.25, 0.3) is 0 Å². The van der Waals surface area contributed by atoms with Crippen molar-refractivity contribution in [3.8, 4) is 0 Å². The Hall–Kier alpha value is 0.380. The molecule has 0 spiro atoms. The summed E-state index contributed by atoms with van der Waals surface area (Å²) in [6, 6.07) is 0. The third-order valence-electron chi connectivity index (χ3n) is 0.644. The molecule has 1 unspecified atom stereocenters. The number of rotatable bonds is 0. The molecule has 1 aliphatic rings. The second-order valence-electron chi connectivity index (χ2n) is 1.15. The molecule has 0 aromatic rings. The maximum atomic E-state index is 5.61. The zero-order valence-corrected chi connectivity index (χ0v) is 4.80. The molecule has 0 aliphatic carbocycles. The summed E-state index contributed by atoms with van der Waals surface area (Å²) < 4.78 is 0.324. The van der Waals surface area contributed by atoms with Crippen molar-refractivity contribution in [2.45, 2.75) is 11.1 Å². The Labute approximate surface area is 46.6 Å². The van der Waals surface area contributed by atoms with E-state index in [4.69, 9.17) is 11.6 Å². The zero-order chi connectivity index (χ0) is 4.41. The molecule has 0 fully saturated rings. The summed E-state index contributed by atoms with van der Waals surface area (Å²) >= 11 is 7.29. The standard InChI is InChI=1S/C4H5ClS/c5-4-2-1-3-6-4/h1,3-4H,2H2. The third kappa shape index (κ3) is 0.919. The molecule has 0 amide bonds. The predicted octanol–water partition coefficient (Wildman–Crippen LogP) is 2.20. The van der Waals surface area contributed by atoms with Crippen LogP contribution in [0.15, 0.2) is 11.5 Å². The van der Waals surface area contributed by atoms with Gasteiger partial charge in [-0.05, 0) is 11.8 Å². The lowest BCUT2D eigenvalue weighted by Gasteiger charge is -1.88. The summed E-state index contributed by atoms with van der Waals surface area (Å²) in [6.07, 6.45) is 3.12. The van der Waals surface area contributed by atoms with Gasteiger partial charge in [-0.2, -0.15) is 0 Å². The van der Waals surface area contributed by atoms with E-state index in [9.17, 15) is 0 Å². The van der Waals surface area contributed by atoms with E-state index in [2.05, 4.69) is 6.08 Å². The fourth-order valence-electron chi connectivity index (χ4n) is 0.359. The van der Waals surface area contributed by atoms with Gasteiger partial charge in [0.2, 0.25) is 0 Å². The van der Waals surface area contributed by atoms with Gasteiger partial charge in [0.15, 0.2) is 0 Å². The Balaban J connectivity index is 2.32. The minimum Gasteiger partial charge on any atom is -0.114 e. The normalized spacial score (nSPS) is 31.8. The highest BCUT2D eigenvalue weighted by atomic mass is 35.5. The zero-order valence-electron chi connectivity index (χ0n) is 3.23. The molecular weight excluding hydrogens is 116 g/mol. The molecular formula is C4H5ClS. The van der Waals surface area contributed by atoms with Crippen LogP contribution in [0.5, 0.6) is 0 Å². The quantitative estimate of drug-likeness (QED) is 0.442. The van der Waals surface area contributed by atoms with Gasteiger partial charge in [-0.25, -0.2) is 0 Å². The Morgan fingerprint density at radius 3 is 2.83 bits per heavy atom. The molecule has 0 aromatic carbocycles. The van der Waals surface area contributed by atoms with E-state index in [0.29, 0.717) is 4.71 Å². The summed E-state index contributed by atoms with van der Waals surface area (Å²) in [5.74, 6) is 0. The molecule has 0 saturated carbocycles. The second kappa shape index (κ2) is 1.90. The average molecular weight is 121 g/mol. The first kappa shape index (κ1) is 4.54. The van der Waals surface area contributed by atoms with Gasteiger partial charge < -0.3 is 0 Å². The lowest BCUT2D eigenvalue weighted by molar-refractivity contribution is 1.20. The first-order valence-electron chi connectivity index (χ1n) is 1.84. The molecule has 0 radical (unpaired) electrons. The van der Waals surface area contributed by atoms with Crippen LogP contribution >= 0.6 is 23.4 Å². The van der Waals surface area contributed by atoms with E-state index < -0.39 is 0 Å². The fraction of sp³-hybridized carbons (Fsp3) is 0.500. The van der Waals surface area contributed by atoms with Gasteiger partial charge in [0.25, 0.3) is 0 Å². The number of hydrogen-bond donors (Lipinski definition) is 0. The maximum Gasteiger partial charge on any atom is 0.0864 e. The Morgan fingerprint density at radius 1 is 1.83 bits per heavy atom. The molecule has 2 heteroatoms. The molecule has 1 atom stereocenters. The lowest BCUT2D eigenvalue weighted by atomic mass is 10.5. The van der Waals surface area contributed by atoms with Crippen molar-refractivity contribution in [3.63, 3.8) is 0 Å². The minimum atomic E-state index is 0.324. The molecule has 0 nitrogen and oxygen atoms in total. The second-order valence-corrected chi connectivity index (χ2v) is 3.05. The smallest absolute Gasteiger partial charge is 0.0864 e. The van der Waals surface area contributed by atoms with Crippen LogP contribution in [-0.2, 0) is 0 Å². The van der Waals surface area contributed by atoms with Crippen molar-refractivity contribution in [2.24, 2.45) is 0 Å². The van der Waals surface area contributed by atoms with Crippen LogP contribution in [0.3, 0.4) is 0 Å². The van der Waals surface area contributed by atoms with Crippen molar-refractivity contribution in [1.82, 2.24) is 0 Å². The monoisotopic (exact) mass is 120 g/mol. The molecule has 6 heavy (non-hydrogen) atoms. The van der Waals surface area contributed by atoms with Crippen LogP contribution in [-0.4, -0.2) is 4.71 Å². The van der Waals surface area contributed by atoms with Crippen molar-refractivity contribution in [3.05, 3.63) is 11.5 Å². The predicted molar refractivity (Wildman–Crippen MR) is 31.0 cm³/mol. The largest absolute Gasteiger partial charge is 0.114 e. The first-order valence-corrected chi connectivity index (χ1v) is 3.22. The summed E-state index contributed by atoms with van der Waals surface area (Å²) in [5, 5.41) is 2.04. The molecule has 1 aliphatic heterocycles. The van der Waals surface area contributed by atoms with Crippen molar-refractivity contribution in [1.29, 1.82) is 0 Å². The number of hydrogen-bond acceptors (Lipinski definition) is 1. The van der Waals surface area contributed by atoms with Crippen LogP contribution in [0.1, 0.15) is 6.42 Å². The highest BCUT2D eigenvalue weighted by Gasteiger charge is 2.03. The number of halogens is 1.